The molecule has 10 heteroatoms. The molecule has 1 fully saturated rings. The van der Waals surface area contributed by atoms with Crippen molar-refractivity contribution < 1.29 is 22.0 Å². The van der Waals surface area contributed by atoms with Gasteiger partial charge in [0.25, 0.3) is 0 Å². The molecule has 0 unspecified atom stereocenters. The molecule has 0 bridgehead atoms. The first-order chi connectivity index (χ1) is 14.8. The second-order valence-corrected chi connectivity index (χ2v) is 9.33. The van der Waals surface area contributed by atoms with Crippen LogP contribution >= 0.6 is 11.6 Å². The smallest absolute Gasteiger partial charge is 0.236 e. The molecule has 0 spiro atoms. The predicted molar refractivity (Wildman–Crippen MR) is 113 cm³/mol. The number of halogens is 2. The van der Waals surface area contributed by atoms with Crippen molar-refractivity contribution in [1.82, 2.24) is 9.88 Å². The number of amides is 1. The van der Waals surface area contributed by atoms with Crippen LogP contribution in [0, 0.1) is 5.82 Å². The summed E-state index contributed by atoms with van der Waals surface area (Å²) in [6.07, 6.45) is 0. The average molecular weight is 464 g/mol. The molecule has 1 aromatic heterocycles. The Bertz CT molecular complexity index is 1220. The van der Waals surface area contributed by atoms with Crippen LogP contribution in [0.4, 0.5) is 10.3 Å². The van der Waals surface area contributed by atoms with Gasteiger partial charge in [0, 0.05) is 33.1 Å². The summed E-state index contributed by atoms with van der Waals surface area (Å²) in [5, 5.41) is 0.0905. The Kier molecular flexibility index (Phi) is 5.72. The van der Waals surface area contributed by atoms with Gasteiger partial charge in [-0.25, -0.2) is 12.8 Å². The zero-order valence-corrected chi connectivity index (χ0v) is 18.2. The summed E-state index contributed by atoms with van der Waals surface area (Å²) in [6, 6.07) is 11.3. The number of aromatic nitrogens is 1. The number of nitrogens with zero attached hydrogens (tertiary/aromatic N) is 3. The molecule has 3 aromatic rings. The summed E-state index contributed by atoms with van der Waals surface area (Å²) < 4.78 is 45.9. The number of oxazole rings is 1. The van der Waals surface area contributed by atoms with E-state index in [4.69, 9.17) is 16.0 Å². The Balaban J connectivity index is 1.80. The molecule has 0 N–H and O–H groups in total. The maximum Gasteiger partial charge on any atom is 0.236 e. The van der Waals surface area contributed by atoms with Crippen molar-refractivity contribution in [1.29, 1.82) is 0 Å². The third-order valence-electron chi connectivity index (χ3n) is 5.07. The van der Waals surface area contributed by atoms with Crippen LogP contribution in [0.3, 0.4) is 0 Å². The maximum atomic E-state index is 13.3. The molecule has 7 nitrogen and oxygen atoms in total. The summed E-state index contributed by atoms with van der Waals surface area (Å²) in [7, 11) is -4.10. The fourth-order valence-electron chi connectivity index (χ4n) is 3.37. The summed E-state index contributed by atoms with van der Waals surface area (Å²) in [5.41, 5.74) is 0.452. The van der Waals surface area contributed by atoms with E-state index in [1.807, 2.05) is 0 Å². The van der Waals surface area contributed by atoms with Gasteiger partial charge < -0.3 is 14.2 Å². The van der Waals surface area contributed by atoms with E-state index < -0.39 is 15.7 Å². The van der Waals surface area contributed by atoms with Crippen LogP contribution in [-0.4, -0.2) is 50.4 Å². The highest BCUT2D eigenvalue weighted by atomic mass is 35.5. The molecule has 0 saturated carbocycles. The van der Waals surface area contributed by atoms with Crippen LogP contribution in [0.15, 0.2) is 62.9 Å². The lowest BCUT2D eigenvalue weighted by Gasteiger charge is -2.34. The summed E-state index contributed by atoms with van der Waals surface area (Å²) in [6.45, 7) is 3.09. The van der Waals surface area contributed by atoms with Crippen molar-refractivity contribution in [2.45, 2.75) is 16.8 Å². The monoisotopic (exact) mass is 463 g/mol. The third kappa shape index (κ3) is 4.15. The molecule has 1 aliphatic heterocycles. The van der Waals surface area contributed by atoms with Crippen LogP contribution in [0.1, 0.15) is 6.92 Å². The molecule has 2 aromatic carbocycles. The number of piperazine rings is 1. The van der Waals surface area contributed by atoms with Crippen LogP contribution in [0.2, 0.25) is 5.02 Å². The summed E-state index contributed by atoms with van der Waals surface area (Å²) in [5.74, 6) is -0.456. The van der Waals surface area contributed by atoms with Crippen molar-refractivity contribution in [2.75, 3.05) is 31.1 Å². The van der Waals surface area contributed by atoms with Crippen LogP contribution < -0.4 is 4.90 Å². The van der Waals surface area contributed by atoms with Gasteiger partial charge in [-0.2, -0.15) is 4.98 Å². The lowest BCUT2D eigenvalue weighted by atomic mass is 10.2. The van der Waals surface area contributed by atoms with Crippen LogP contribution in [0.25, 0.3) is 11.5 Å². The minimum Gasteiger partial charge on any atom is -0.419 e. The average Bonchev–Trinajstić information content (AvgIpc) is 3.20. The summed E-state index contributed by atoms with van der Waals surface area (Å²) in [4.78, 5) is 19.2. The lowest BCUT2D eigenvalue weighted by Crippen LogP contribution is -2.48. The van der Waals surface area contributed by atoms with Gasteiger partial charge in [-0.3, -0.25) is 4.79 Å². The van der Waals surface area contributed by atoms with E-state index in [1.165, 1.54) is 19.1 Å². The molecule has 4 rings (SSSR count). The quantitative estimate of drug-likeness (QED) is 0.549. The van der Waals surface area contributed by atoms with E-state index >= 15 is 0 Å². The zero-order valence-electron chi connectivity index (χ0n) is 16.6. The van der Waals surface area contributed by atoms with Gasteiger partial charge in [-0.1, -0.05) is 23.7 Å². The molecular formula is C21H19ClFN3O4S. The fourth-order valence-corrected chi connectivity index (χ4v) is 4.91. The Labute approximate surface area is 184 Å². The molecule has 1 aliphatic rings. The number of anilines is 1. The number of benzene rings is 2. The number of sulfone groups is 1. The van der Waals surface area contributed by atoms with E-state index in [1.54, 1.807) is 34.1 Å². The first-order valence-electron chi connectivity index (χ1n) is 9.54. The van der Waals surface area contributed by atoms with Gasteiger partial charge in [-0.05, 0) is 36.4 Å². The highest BCUT2D eigenvalue weighted by Crippen LogP contribution is 2.37. The van der Waals surface area contributed by atoms with Crippen molar-refractivity contribution in [2.24, 2.45) is 0 Å². The first kappa shape index (κ1) is 21.3. The van der Waals surface area contributed by atoms with Crippen LogP contribution in [-0.2, 0) is 14.6 Å². The zero-order chi connectivity index (χ0) is 22.2. The van der Waals surface area contributed by atoms with E-state index in [9.17, 15) is 17.6 Å². The van der Waals surface area contributed by atoms with E-state index in [0.717, 1.165) is 12.1 Å². The van der Waals surface area contributed by atoms with Gasteiger partial charge >= 0.3 is 0 Å². The number of rotatable bonds is 4. The normalized spacial score (nSPS) is 14.7. The highest BCUT2D eigenvalue weighted by molar-refractivity contribution is 7.91. The van der Waals surface area contributed by atoms with E-state index in [0.29, 0.717) is 36.8 Å². The van der Waals surface area contributed by atoms with Crippen molar-refractivity contribution in [3.8, 4) is 11.5 Å². The minimum absolute atomic E-state index is 0.0480. The number of carbonyl (C=O) groups is 1. The second kappa shape index (κ2) is 8.32. The third-order valence-corrected chi connectivity index (χ3v) is 7.07. The molecular weight excluding hydrogens is 445 g/mol. The number of hydrogen-bond acceptors (Lipinski definition) is 6. The molecule has 1 amide bonds. The Morgan fingerprint density at radius 3 is 2.32 bits per heavy atom. The molecule has 0 atom stereocenters. The topological polar surface area (TPSA) is 83.7 Å². The molecule has 31 heavy (non-hydrogen) atoms. The van der Waals surface area contributed by atoms with Gasteiger partial charge in [0.15, 0.2) is 0 Å². The Hall–Kier alpha value is -2.91. The SMILES string of the molecule is CC(=O)N1CCN(c2oc(-c3ccccc3Cl)nc2S(=O)(=O)c2ccc(F)cc2)CC1. The maximum absolute atomic E-state index is 13.3. The first-order valence-corrected chi connectivity index (χ1v) is 11.4. The van der Waals surface area contributed by atoms with Gasteiger partial charge in [0.1, 0.15) is 5.82 Å². The predicted octanol–water partition coefficient (Wildman–Crippen LogP) is 3.64. The minimum atomic E-state index is -4.10. The van der Waals surface area contributed by atoms with Crippen molar-refractivity contribution in [3.05, 3.63) is 59.4 Å². The lowest BCUT2D eigenvalue weighted by molar-refractivity contribution is -0.129. The van der Waals surface area contributed by atoms with Crippen molar-refractivity contribution >= 4 is 33.2 Å². The molecule has 2 heterocycles. The van der Waals surface area contributed by atoms with Crippen LogP contribution in [0.5, 0.6) is 0 Å². The van der Waals surface area contributed by atoms with Gasteiger partial charge in [0.05, 0.1) is 15.5 Å². The fraction of sp³-hybridized carbons (Fsp3) is 0.238. The molecule has 162 valence electrons. The Morgan fingerprint density at radius 2 is 1.71 bits per heavy atom. The molecule has 0 radical (unpaired) electrons. The number of carbonyl (C=O) groups excluding carboxylic acids is 1. The molecule has 0 aliphatic carbocycles. The largest absolute Gasteiger partial charge is 0.419 e. The molecule has 1 saturated heterocycles. The van der Waals surface area contributed by atoms with Crippen molar-refractivity contribution in [3.63, 3.8) is 0 Å². The van der Waals surface area contributed by atoms with Gasteiger partial charge in [0.2, 0.25) is 32.5 Å². The summed E-state index contributed by atoms with van der Waals surface area (Å²) >= 11 is 6.26. The van der Waals surface area contributed by atoms with E-state index in [-0.39, 0.29) is 27.6 Å². The highest BCUT2D eigenvalue weighted by Gasteiger charge is 2.33. The second-order valence-electron chi connectivity index (χ2n) is 7.06. The Morgan fingerprint density at radius 1 is 1.06 bits per heavy atom. The standard InChI is InChI=1S/C21H19ClFN3O4S/c1-14(27)25-10-12-26(13-11-25)21-20(31(28,29)16-8-6-15(23)7-9-16)24-19(30-21)17-4-2-3-5-18(17)22/h2-9H,10-13H2,1H3. The number of hydrogen-bond donors (Lipinski definition) is 0. The van der Waals surface area contributed by atoms with Gasteiger partial charge in [-0.15, -0.1) is 0 Å². The van der Waals surface area contributed by atoms with E-state index in [2.05, 4.69) is 4.98 Å².